The van der Waals surface area contributed by atoms with Gasteiger partial charge >= 0.3 is 0 Å². The normalized spacial score (nSPS) is 22.3. The van der Waals surface area contributed by atoms with Crippen molar-refractivity contribution in [3.05, 3.63) is 29.1 Å². The molecule has 1 N–H and O–H groups in total. The second-order valence-corrected chi connectivity index (χ2v) is 4.52. The van der Waals surface area contributed by atoms with Gasteiger partial charge in [-0.05, 0) is 38.9 Å². The van der Waals surface area contributed by atoms with E-state index in [9.17, 15) is 0 Å². The van der Waals surface area contributed by atoms with E-state index in [0.717, 1.165) is 31.0 Å². The van der Waals surface area contributed by atoms with Crippen molar-refractivity contribution in [2.75, 3.05) is 20.3 Å². The molecule has 2 atom stereocenters. The van der Waals surface area contributed by atoms with E-state index in [2.05, 4.69) is 29.4 Å². The first-order valence-electron chi connectivity index (χ1n) is 5.91. The van der Waals surface area contributed by atoms with E-state index >= 15 is 0 Å². The SMILES string of the molecule is CNC(c1ccc(C)nc1C)C1CCOC1. The van der Waals surface area contributed by atoms with E-state index in [0.29, 0.717) is 12.0 Å². The lowest BCUT2D eigenvalue weighted by atomic mass is 9.91. The minimum absolute atomic E-state index is 0.371. The van der Waals surface area contributed by atoms with Crippen molar-refractivity contribution in [2.45, 2.75) is 26.3 Å². The fourth-order valence-electron chi connectivity index (χ4n) is 2.49. The van der Waals surface area contributed by atoms with Crippen LogP contribution in [0.3, 0.4) is 0 Å². The van der Waals surface area contributed by atoms with E-state index in [1.54, 1.807) is 0 Å². The summed E-state index contributed by atoms with van der Waals surface area (Å²) in [6.45, 7) is 5.87. The van der Waals surface area contributed by atoms with Gasteiger partial charge in [0.05, 0.1) is 6.61 Å². The molecule has 3 nitrogen and oxygen atoms in total. The number of hydrogen-bond donors (Lipinski definition) is 1. The Labute approximate surface area is 97.2 Å². The van der Waals surface area contributed by atoms with Crippen molar-refractivity contribution < 1.29 is 4.74 Å². The van der Waals surface area contributed by atoms with Gasteiger partial charge in [0, 0.05) is 30.0 Å². The number of pyridine rings is 1. The van der Waals surface area contributed by atoms with E-state index < -0.39 is 0 Å². The largest absolute Gasteiger partial charge is 0.381 e. The van der Waals surface area contributed by atoms with Gasteiger partial charge in [0.1, 0.15) is 0 Å². The maximum atomic E-state index is 5.46. The molecule has 1 aromatic heterocycles. The second kappa shape index (κ2) is 4.93. The van der Waals surface area contributed by atoms with Crippen LogP contribution in [0.5, 0.6) is 0 Å². The molecule has 2 unspecified atom stereocenters. The summed E-state index contributed by atoms with van der Waals surface area (Å²) in [4.78, 5) is 4.53. The topological polar surface area (TPSA) is 34.2 Å². The molecule has 1 aliphatic heterocycles. The zero-order valence-electron chi connectivity index (χ0n) is 10.3. The van der Waals surface area contributed by atoms with Crippen LogP contribution < -0.4 is 5.32 Å². The zero-order chi connectivity index (χ0) is 11.5. The summed E-state index contributed by atoms with van der Waals surface area (Å²) in [5.41, 5.74) is 3.52. The molecule has 0 saturated carbocycles. The summed E-state index contributed by atoms with van der Waals surface area (Å²) >= 11 is 0. The highest BCUT2D eigenvalue weighted by molar-refractivity contribution is 5.26. The van der Waals surface area contributed by atoms with Gasteiger partial charge in [-0.25, -0.2) is 0 Å². The number of nitrogens with one attached hydrogen (secondary N) is 1. The minimum atomic E-state index is 0.371. The van der Waals surface area contributed by atoms with Crippen LogP contribution in [0.1, 0.15) is 29.4 Å². The van der Waals surface area contributed by atoms with E-state index in [-0.39, 0.29) is 0 Å². The van der Waals surface area contributed by atoms with Gasteiger partial charge in [0.2, 0.25) is 0 Å². The Kier molecular flexibility index (Phi) is 3.56. The molecular formula is C13H20N2O. The highest BCUT2D eigenvalue weighted by Gasteiger charge is 2.27. The fourth-order valence-corrected chi connectivity index (χ4v) is 2.49. The molecule has 0 aliphatic carbocycles. The smallest absolute Gasteiger partial charge is 0.0513 e. The van der Waals surface area contributed by atoms with Crippen LogP contribution in [0.4, 0.5) is 0 Å². The molecule has 16 heavy (non-hydrogen) atoms. The van der Waals surface area contributed by atoms with Crippen molar-refractivity contribution in [1.82, 2.24) is 10.3 Å². The van der Waals surface area contributed by atoms with E-state index in [1.807, 2.05) is 14.0 Å². The summed E-state index contributed by atoms with van der Waals surface area (Å²) < 4.78 is 5.46. The first-order valence-corrected chi connectivity index (χ1v) is 5.91. The first kappa shape index (κ1) is 11.6. The van der Waals surface area contributed by atoms with Gasteiger partial charge in [-0.15, -0.1) is 0 Å². The number of rotatable bonds is 3. The van der Waals surface area contributed by atoms with Gasteiger partial charge in [-0.1, -0.05) is 6.07 Å². The standard InChI is InChI=1S/C13H20N2O/c1-9-4-5-12(10(2)15-9)13(14-3)11-6-7-16-8-11/h4-5,11,13-14H,6-8H2,1-3H3. The Hall–Kier alpha value is -0.930. The van der Waals surface area contributed by atoms with Crippen LogP contribution in [-0.2, 0) is 4.74 Å². The summed E-state index contributed by atoms with van der Waals surface area (Å²) in [7, 11) is 2.02. The molecule has 3 heteroatoms. The number of ether oxygens (including phenoxy) is 1. The monoisotopic (exact) mass is 220 g/mol. The predicted molar refractivity (Wildman–Crippen MR) is 64.4 cm³/mol. The Morgan fingerprint density at radius 3 is 2.81 bits per heavy atom. The quantitative estimate of drug-likeness (QED) is 0.846. The molecule has 0 amide bonds. The molecule has 2 rings (SSSR count). The molecule has 0 bridgehead atoms. The van der Waals surface area contributed by atoms with E-state index in [1.165, 1.54) is 5.56 Å². The molecule has 1 aliphatic rings. The Bertz CT molecular complexity index is 359. The van der Waals surface area contributed by atoms with Gasteiger partial charge in [0.15, 0.2) is 0 Å². The van der Waals surface area contributed by atoms with Crippen molar-refractivity contribution in [3.8, 4) is 0 Å². The third-order valence-electron chi connectivity index (χ3n) is 3.35. The lowest BCUT2D eigenvalue weighted by Crippen LogP contribution is -2.26. The number of nitrogens with zero attached hydrogens (tertiary/aromatic N) is 1. The number of aromatic nitrogens is 1. The Balaban J connectivity index is 2.25. The van der Waals surface area contributed by atoms with Crippen molar-refractivity contribution in [1.29, 1.82) is 0 Å². The van der Waals surface area contributed by atoms with Crippen LogP contribution in [0.15, 0.2) is 12.1 Å². The highest BCUT2D eigenvalue weighted by atomic mass is 16.5. The lowest BCUT2D eigenvalue weighted by Gasteiger charge is -2.23. The number of aryl methyl sites for hydroxylation is 2. The average molecular weight is 220 g/mol. The average Bonchev–Trinajstić information content (AvgIpc) is 2.75. The van der Waals surface area contributed by atoms with Crippen LogP contribution in [-0.4, -0.2) is 25.2 Å². The van der Waals surface area contributed by atoms with Gasteiger partial charge < -0.3 is 10.1 Å². The molecule has 1 saturated heterocycles. The molecule has 0 aromatic carbocycles. The van der Waals surface area contributed by atoms with E-state index in [4.69, 9.17) is 4.74 Å². The first-order chi connectivity index (χ1) is 7.72. The molecule has 0 spiro atoms. The lowest BCUT2D eigenvalue weighted by molar-refractivity contribution is 0.177. The van der Waals surface area contributed by atoms with Crippen LogP contribution in [0, 0.1) is 19.8 Å². The molecular weight excluding hydrogens is 200 g/mol. The van der Waals surface area contributed by atoms with Crippen molar-refractivity contribution in [2.24, 2.45) is 5.92 Å². The Morgan fingerprint density at radius 2 is 2.25 bits per heavy atom. The van der Waals surface area contributed by atoms with Gasteiger partial charge in [-0.2, -0.15) is 0 Å². The maximum Gasteiger partial charge on any atom is 0.0513 e. The molecule has 1 aromatic rings. The third-order valence-corrected chi connectivity index (χ3v) is 3.35. The van der Waals surface area contributed by atoms with Crippen LogP contribution >= 0.6 is 0 Å². The number of hydrogen-bond acceptors (Lipinski definition) is 3. The predicted octanol–water partition coefficient (Wildman–Crippen LogP) is 2.00. The third kappa shape index (κ3) is 2.25. The Morgan fingerprint density at radius 1 is 1.44 bits per heavy atom. The summed E-state index contributed by atoms with van der Waals surface area (Å²) in [5.74, 6) is 0.577. The fraction of sp³-hybridized carbons (Fsp3) is 0.615. The van der Waals surface area contributed by atoms with Gasteiger partial charge in [0.25, 0.3) is 0 Å². The van der Waals surface area contributed by atoms with Crippen LogP contribution in [0.25, 0.3) is 0 Å². The molecule has 1 fully saturated rings. The molecule has 88 valence electrons. The summed E-state index contributed by atoms with van der Waals surface area (Å²) in [6.07, 6.45) is 1.14. The van der Waals surface area contributed by atoms with Gasteiger partial charge in [-0.3, -0.25) is 4.98 Å². The highest BCUT2D eigenvalue weighted by Crippen LogP contribution is 2.29. The minimum Gasteiger partial charge on any atom is -0.381 e. The van der Waals surface area contributed by atoms with Crippen LogP contribution in [0.2, 0.25) is 0 Å². The zero-order valence-corrected chi connectivity index (χ0v) is 10.3. The van der Waals surface area contributed by atoms with Crippen molar-refractivity contribution >= 4 is 0 Å². The summed E-state index contributed by atoms with van der Waals surface area (Å²) in [5, 5.41) is 3.40. The maximum absolute atomic E-state index is 5.46. The van der Waals surface area contributed by atoms with Crippen molar-refractivity contribution in [3.63, 3.8) is 0 Å². The summed E-state index contributed by atoms with van der Waals surface area (Å²) in [6, 6.07) is 4.65. The molecule has 2 heterocycles. The molecule has 0 radical (unpaired) electrons. The second-order valence-electron chi connectivity index (χ2n) is 4.52.